The fourth-order valence-corrected chi connectivity index (χ4v) is 3.34. The van der Waals surface area contributed by atoms with Crippen LogP contribution in [0.25, 0.3) is 0 Å². The molecule has 5 nitrogen and oxygen atoms in total. The zero-order chi connectivity index (χ0) is 20.9. The van der Waals surface area contributed by atoms with E-state index in [4.69, 9.17) is 4.42 Å². The van der Waals surface area contributed by atoms with Crippen molar-refractivity contribution in [3.8, 4) is 0 Å². The minimum absolute atomic E-state index is 0.211. The maximum absolute atomic E-state index is 13.3. The van der Waals surface area contributed by atoms with Crippen molar-refractivity contribution >= 4 is 5.91 Å². The molecule has 30 heavy (non-hydrogen) atoms. The summed E-state index contributed by atoms with van der Waals surface area (Å²) < 4.78 is 20.8. The zero-order valence-corrected chi connectivity index (χ0v) is 16.7. The topological polar surface area (TPSA) is 51.3 Å². The minimum Gasteiger partial charge on any atom is -0.467 e. The molecule has 2 aromatic heterocycles. The quantitative estimate of drug-likeness (QED) is 0.445. The van der Waals surface area contributed by atoms with E-state index in [1.807, 2.05) is 29.0 Å². The number of carbonyl (C=O) groups is 1. The summed E-state index contributed by atoms with van der Waals surface area (Å²) in [6.45, 7) is 3.34. The number of amides is 1. The van der Waals surface area contributed by atoms with Crippen LogP contribution in [0.1, 0.15) is 33.1 Å². The Hall–Kier alpha value is -3.67. The molecular formula is C24H22FN3O2. The Morgan fingerprint density at radius 3 is 2.60 bits per heavy atom. The molecule has 0 aliphatic heterocycles. The van der Waals surface area contributed by atoms with Crippen LogP contribution in [0.5, 0.6) is 0 Å². The smallest absolute Gasteiger partial charge is 0.254 e. The van der Waals surface area contributed by atoms with Gasteiger partial charge >= 0.3 is 0 Å². The molecule has 6 heteroatoms. The fourth-order valence-electron chi connectivity index (χ4n) is 3.34. The molecule has 0 atom stereocenters. The van der Waals surface area contributed by atoms with Crippen molar-refractivity contribution in [2.45, 2.75) is 26.6 Å². The summed E-state index contributed by atoms with van der Waals surface area (Å²) in [6.07, 6.45) is 5.23. The second-order valence-electron chi connectivity index (χ2n) is 7.15. The Morgan fingerprint density at radius 2 is 1.87 bits per heavy atom. The van der Waals surface area contributed by atoms with E-state index in [1.165, 1.54) is 35.4 Å². The summed E-state index contributed by atoms with van der Waals surface area (Å²) in [5.41, 5.74) is 2.81. The van der Waals surface area contributed by atoms with E-state index in [2.05, 4.69) is 24.0 Å². The Labute approximate surface area is 174 Å². The summed E-state index contributed by atoms with van der Waals surface area (Å²) in [6, 6.07) is 17.4. The van der Waals surface area contributed by atoms with Crippen LogP contribution in [-0.2, 0) is 19.6 Å². The van der Waals surface area contributed by atoms with Gasteiger partial charge in [0.2, 0.25) is 0 Å². The molecule has 0 aliphatic rings. The number of hydrogen-bond donors (Lipinski definition) is 0. The maximum atomic E-state index is 13.3. The monoisotopic (exact) mass is 403 g/mol. The van der Waals surface area contributed by atoms with Crippen LogP contribution in [0.15, 0.2) is 83.7 Å². The van der Waals surface area contributed by atoms with Gasteiger partial charge in [-0.3, -0.25) is 4.79 Å². The van der Waals surface area contributed by atoms with Gasteiger partial charge in [-0.2, -0.15) is 0 Å². The number of imidazole rings is 1. The second-order valence-corrected chi connectivity index (χ2v) is 7.15. The average molecular weight is 403 g/mol. The number of nitrogens with zero attached hydrogens (tertiary/aromatic N) is 3. The van der Waals surface area contributed by atoms with Gasteiger partial charge in [-0.15, -0.1) is 0 Å². The third-order valence-electron chi connectivity index (χ3n) is 5.04. The number of benzene rings is 2. The first-order valence-electron chi connectivity index (χ1n) is 9.72. The molecule has 0 saturated carbocycles. The van der Waals surface area contributed by atoms with E-state index in [0.717, 1.165) is 5.82 Å². The molecule has 0 bridgehead atoms. The fraction of sp³-hybridized carbons (Fsp3) is 0.167. The van der Waals surface area contributed by atoms with E-state index >= 15 is 0 Å². The second kappa shape index (κ2) is 8.78. The van der Waals surface area contributed by atoms with E-state index < -0.39 is 0 Å². The van der Waals surface area contributed by atoms with Crippen LogP contribution >= 0.6 is 0 Å². The van der Waals surface area contributed by atoms with Crippen LogP contribution in [0.3, 0.4) is 0 Å². The van der Waals surface area contributed by atoms with Gasteiger partial charge in [-0.1, -0.05) is 24.3 Å². The molecule has 0 radical (unpaired) electrons. The van der Waals surface area contributed by atoms with E-state index in [9.17, 15) is 9.18 Å². The number of furan rings is 1. The van der Waals surface area contributed by atoms with E-state index in [0.29, 0.717) is 31.0 Å². The highest BCUT2D eigenvalue weighted by atomic mass is 19.1. The number of rotatable bonds is 7. The molecule has 0 spiro atoms. The van der Waals surface area contributed by atoms with Crippen molar-refractivity contribution in [3.63, 3.8) is 0 Å². The van der Waals surface area contributed by atoms with Crippen molar-refractivity contribution in [1.82, 2.24) is 14.5 Å². The van der Waals surface area contributed by atoms with Gasteiger partial charge in [0, 0.05) is 24.5 Å². The molecule has 2 heterocycles. The first-order chi connectivity index (χ1) is 14.6. The summed E-state index contributed by atoms with van der Waals surface area (Å²) in [5, 5.41) is 0. The minimum atomic E-state index is -0.377. The van der Waals surface area contributed by atoms with Gasteiger partial charge in [0.05, 0.1) is 19.4 Å². The standard InChI is InChI=1S/C24H22FN3O2/c1-18-5-2-3-6-20(18)15-27-13-12-26-23(27)17-28(16-22-7-4-14-30-22)24(29)19-8-10-21(25)11-9-19/h2-14H,15-17H2,1H3. The highest BCUT2D eigenvalue weighted by molar-refractivity contribution is 5.94. The molecule has 0 N–H and O–H groups in total. The first-order valence-corrected chi connectivity index (χ1v) is 9.72. The predicted octanol–water partition coefficient (Wildman–Crippen LogP) is 4.81. The maximum Gasteiger partial charge on any atom is 0.254 e. The number of hydrogen-bond acceptors (Lipinski definition) is 3. The van der Waals surface area contributed by atoms with Crippen molar-refractivity contribution < 1.29 is 13.6 Å². The van der Waals surface area contributed by atoms with Crippen LogP contribution in [-0.4, -0.2) is 20.4 Å². The van der Waals surface area contributed by atoms with Gasteiger partial charge < -0.3 is 13.9 Å². The number of carbonyl (C=O) groups excluding carboxylic acids is 1. The zero-order valence-electron chi connectivity index (χ0n) is 16.7. The summed E-state index contributed by atoms with van der Waals surface area (Å²) in [5.74, 6) is 0.845. The molecule has 0 aliphatic carbocycles. The van der Waals surface area contributed by atoms with Crippen molar-refractivity contribution in [2.75, 3.05) is 0 Å². The third kappa shape index (κ3) is 4.49. The van der Waals surface area contributed by atoms with Crippen molar-refractivity contribution in [3.05, 3.63) is 113 Å². The number of halogens is 1. The Kier molecular flexibility index (Phi) is 5.75. The van der Waals surface area contributed by atoms with Gasteiger partial charge in [0.25, 0.3) is 5.91 Å². The van der Waals surface area contributed by atoms with Crippen LogP contribution in [0.2, 0.25) is 0 Å². The summed E-state index contributed by atoms with van der Waals surface area (Å²) in [7, 11) is 0. The van der Waals surface area contributed by atoms with E-state index in [-0.39, 0.29) is 11.7 Å². The lowest BCUT2D eigenvalue weighted by atomic mass is 10.1. The lowest BCUT2D eigenvalue weighted by molar-refractivity contribution is 0.0711. The van der Waals surface area contributed by atoms with Crippen LogP contribution in [0.4, 0.5) is 4.39 Å². The van der Waals surface area contributed by atoms with Crippen LogP contribution in [0, 0.1) is 12.7 Å². The number of aryl methyl sites for hydroxylation is 1. The lowest BCUT2D eigenvalue weighted by Crippen LogP contribution is -2.31. The molecule has 0 saturated heterocycles. The molecule has 4 aromatic rings. The first kappa shape index (κ1) is 19.6. The average Bonchev–Trinajstić information content (AvgIpc) is 3.42. The van der Waals surface area contributed by atoms with Gasteiger partial charge in [-0.05, 0) is 54.4 Å². The molecule has 0 fully saturated rings. The molecule has 4 rings (SSSR count). The van der Waals surface area contributed by atoms with Crippen LogP contribution < -0.4 is 0 Å². The van der Waals surface area contributed by atoms with Gasteiger partial charge in [0.15, 0.2) is 0 Å². The Balaban J connectivity index is 1.59. The molecule has 2 aromatic carbocycles. The summed E-state index contributed by atoms with van der Waals surface area (Å²) in [4.78, 5) is 19.3. The third-order valence-corrected chi connectivity index (χ3v) is 5.04. The highest BCUT2D eigenvalue weighted by Gasteiger charge is 2.20. The molecule has 0 unspecified atom stereocenters. The van der Waals surface area contributed by atoms with Crippen molar-refractivity contribution in [1.29, 1.82) is 0 Å². The van der Waals surface area contributed by atoms with Gasteiger partial charge in [-0.25, -0.2) is 9.37 Å². The van der Waals surface area contributed by atoms with Gasteiger partial charge in [0.1, 0.15) is 17.4 Å². The summed E-state index contributed by atoms with van der Waals surface area (Å²) >= 11 is 0. The Morgan fingerprint density at radius 1 is 1.07 bits per heavy atom. The van der Waals surface area contributed by atoms with Crippen molar-refractivity contribution in [2.24, 2.45) is 0 Å². The molecular weight excluding hydrogens is 381 g/mol. The molecule has 152 valence electrons. The largest absolute Gasteiger partial charge is 0.467 e. The normalized spacial score (nSPS) is 10.9. The highest BCUT2D eigenvalue weighted by Crippen LogP contribution is 2.16. The Bertz CT molecular complexity index is 1120. The van der Waals surface area contributed by atoms with E-state index in [1.54, 1.807) is 23.4 Å². The SMILES string of the molecule is Cc1ccccc1Cn1ccnc1CN(Cc1ccco1)C(=O)c1ccc(F)cc1. The lowest BCUT2D eigenvalue weighted by Gasteiger charge is -2.22. The molecule has 1 amide bonds. The predicted molar refractivity (Wildman–Crippen MR) is 111 cm³/mol. The number of aromatic nitrogens is 2.